The van der Waals surface area contributed by atoms with E-state index in [9.17, 15) is 0 Å². The zero-order valence-electron chi connectivity index (χ0n) is 10.7. The van der Waals surface area contributed by atoms with Crippen molar-refractivity contribution in [3.8, 4) is 0 Å². The SMILES string of the molecule is CCn1ccc(CNc2ccc(C)nc2C)c1. The second-order valence-corrected chi connectivity index (χ2v) is 4.29. The van der Waals surface area contributed by atoms with Crippen LogP contribution in [0.4, 0.5) is 5.69 Å². The van der Waals surface area contributed by atoms with Crippen LogP contribution in [0.25, 0.3) is 0 Å². The lowest BCUT2D eigenvalue weighted by Crippen LogP contribution is -2.02. The average Bonchev–Trinajstić information content (AvgIpc) is 2.76. The zero-order valence-corrected chi connectivity index (χ0v) is 10.7. The summed E-state index contributed by atoms with van der Waals surface area (Å²) >= 11 is 0. The number of nitrogens with zero attached hydrogens (tertiary/aromatic N) is 2. The van der Waals surface area contributed by atoms with E-state index >= 15 is 0 Å². The van der Waals surface area contributed by atoms with Crippen LogP contribution in [-0.2, 0) is 13.1 Å². The van der Waals surface area contributed by atoms with Crippen molar-refractivity contribution >= 4 is 5.69 Å². The van der Waals surface area contributed by atoms with Gasteiger partial charge in [0.25, 0.3) is 0 Å². The van der Waals surface area contributed by atoms with Gasteiger partial charge in [-0.2, -0.15) is 0 Å². The zero-order chi connectivity index (χ0) is 12.3. The summed E-state index contributed by atoms with van der Waals surface area (Å²) in [7, 11) is 0. The van der Waals surface area contributed by atoms with Gasteiger partial charge >= 0.3 is 0 Å². The van der Waals surface area contributed by atoms with Gasteiger partial charge < -0.3 is 9.88 Å². The lowest BCUT2D eigenvalue weighted by atomic mass is 10.2. The molecular weight excluding hydrogens is 210 g/mol. The monoisotopic (exact) mass is 229 g/mol. The Balaban J connectivity index is 2.02. The maximum Gasteiger partial charge on any atom is 0.0606 e. The molecule has 2 rings (SSSR count). The van der Waals surface area contributed by atoms with E-state index in [1.165, 1.54) is 5.56 Å². The highest BCUT2D eigenvalue weighted by atomic mass is 14.9. The summed E-state index contributed by atoms with van der Waals surface area (Å²) in [5, 5.41) is 3.42. The fourth-order valence-corrected chi connectivity index (χ4v) is 1.86. The normalized spacial score (nSPS) is 10.5. The van der Waals surface area contributed by atoms with Crippen molar-refractivity contribution in [1.82, 2.24) is 9.55 Å². The van der Waals surface area contributed by atoms with Gasteiger partial charge in [-0.15, -0.1) is 0 Å². The maximum absolute atomic E-state index is 4.44. The van der Waals surface area contributed by atoms with Gasteiger partial charge in [-0.25, -0.2) is 0 Å². The number of pyridine rings is 1. The molecule has 0 fully saturated rings. The summed E-state index contributed by atoms with van der Waals surface area (Å²) in [4.78, 5) is 4.44. The Morgan fingerprint density at radius 3 is 2.71 bits per heavy atom. The molecule has 3 heteroatoms. The molecule has 90 valence electrons. The van der Waals surface area contributed by atoms with Crippen molar-refractivity contribution in [2.45, 2.75) is 33.9 Å². The summed E-state index contributed by atoms with van der Waals surface area (Å²) in [6.45, 7) is 8.06. The molecule has 0 aliphatic heterocycles. The molecule has 0 unspecified atom stereocenters. The second-order valence-electron chi connectivity index (χ2n) is 4.29. The van der Waals surface area contributed by atoms with E-state index in [0.717, 1.165) is 30.2 Å². The minimum absolute atomic E-state index is 0.846. The third-order valence-corrected chi connectivity index (χ3v) is 2.88. The van der Waals surface area contributed by atoms with E-state index < -0.39 is 0 Å². The van der Waals surface area contributed by atoms with Gasteiger partial charge in [-0.3, -0.25) is 4.98 Å². The van der Waals surface area contributed by atoms with Gasteiger partial charge in [-0.1, -0.05) is 0 Å². The molecule has 0 bridgehead atoms. The molecule has 0 radical (unpaired) electrons. The number of nitrogens with one attached hydrogen (secondary N) is 1. The first-order valence-electron chi connectivity index (χ1n) is 6.02. The fraction of sp³-hybridized carbons (Fsp3) is 0.357. The average molecular weight is 229 g/mol. The van der Waals surface area contributed by atoms with Gasteiger partial charge in [0.15, 0.2) is 0 Å². The van der Waals surface area contributed by atoms with Gasteiger partial charge in [0, 0.05) is 31.2 Å². The van der Waals surface area contributed by atoms with Gasteiger partial charge in [0.05, 0.1) is 11.4 Å². The molecule has 2 heterocycles. The number of aromatic nitrogens is 2. The third kappa shape index (κ3) is 2.87. The lowest BCUT2D eigenvalue weighted by molar-refractivity contribution is 0.766. The predicted octanol–water partition coefficient (Wildman–Crippen LogP) is 3.13. The minimum Gasteiger partial charge on any atom is -0.379 e. The Bertz CT molecular complexity index is 500. The smallest absolute Gasteiger partial charge is 0.0606 e. The second kappa shape index (κ2) is 5.04. The Labute approximate surface area is 103 Å². The van der Waals surface area contributed by atoms with Crippen molar-refractivity contribution in [3.05, 3.63) is 47.5 Å². The molecule has 0 spiro atoms. The number of rotatable bonds is 4. The van der Waals surface area contributed by atoms with E-state index in [0.29, 0.717) is 0 Å². The maximum atomic E-state index is 4.44. The van der Waals surface area contributed by atoms with E-state index in [1.54, 1.807) is 0 Å². The molecule has 0 aromatic carbocycles. The highest BCUT2D eigenvalue weighted by Crippen LogP contribution is 2.14. The largest absolute Gasteiger partial charge is 0.379 e. The van der Waals surface area contributed by atoms with Crippen LogP contribution in [-0.4, -0.2) is 9.55 Å². The topological polar surface area (TPSA) is 29.9 Å². The van der Waals surface area contributed by atoms with Crippen LogP contribution in [0.1, 0.15) is 23.9 Å². The summed E-state index contributed by atoms with van der Waals surface area (Å²) in [6.07, 6.45) is 4.28. The Morgan fingerprint density at radius 2 is 2.06 bits per heavy atom. The Kier molecular flexibility index (Phi) is 3.47. The van der Waals surface area contributed by atoms with Crippen molar-refractivity contribution in [3.63, 3.8) is 0 Å². The molecule has 17 heavy (non-hydrogen) atoms. The van der Waals surface area contributed by atoms with E-state index in [1.807, 2.05) is 19.9 Å². The van der Waals surface area contributed by atoms with Crippen molar-refractivity contribution < 1.29 is 0 Å². The van der Waals surface area contributed by atoms with Crippen LogP contribution in [0.3, 0.4) is 0 Å². The molecule has 0 saturated heterocycles. The molecule has 2 aromatic rings. The first-order chi connectivity index (χ1) is 8.19. The highest BCUT2D eigenvalue weighted by molar-refractivity contribution is 5.48. The Hall–Kier alpha value is -1.77. The van der Waals surface area contributed by atoms with Gasteiger partial charge in [0.1, 0.15) is 0 Å². The van der Waals surface area contributed by atoms with Crippen LogP contribution < -0.4 is 5.32 Å². The highest BCUT2D eigenvalue weighted by Gasteiger charge is 2.00. The molecule has 0 amide bonds. The molecule has 1 N–H and O–H groups in total. The molecule has 0 aliphatic carbocycles. The molecule has 0 aliphatic rings. The first-order valence-corrected chi connectivity index (χ1v) is 6.02. The summed E-state index contributed by atoms with van der Waals surface area (Å²) in [6, 6.07) is 6.27. The third-order valence-electron chi connectivity index (χ3n) is 2.88. The summed E-state index contributed by atoms with van der Waals surface area (Å²) in [5.74, 6) is 0. The number of hydrogen-bond donors (Lipinski definition) is 1. The lowest BCUT2D eigenvalue weighted by Gasteiger charge is -2.08. The summed E-state index contributed by atoms with van der Waals surface area (Å²) in [5.41, 5.74) is 4.52. The predicted molar refractivity (Wildman–Crippen MR) is 71.1 cm³/mol. The van der Waals surface area contributed by atoms with Crippen LogP contribution in [0.15, 0.2) is 30.6 Å². The summed E-state index contributed by atoms with van der Waals surface area (Å²) < 4.78 is 2.18. The number of aryl methyl sites for hydroxylation is 3. The van der Waals surface area contributed by atoms with Crippen molar-refractivity contribution in [2.24, 2.45) is 0 Å². The van der Waals surface area contributed by atoms with Crippen molar-refractivity contribution in [2.75, 3.05) is 5.32 Å². The molecule has 0 atom stereocenters. The van der Waals surface area contributed by atoms with Gasteiger partial charge in [0.2, 0.25) is 0 Å². The standard InChI is InChI=1S/C14H19N3/c1-4-17-8-7-13(10-17)9-15-14-6-5-11(2)16-12(14)3/h5-8,10,15H,4,9H2,1-3H3. The van der Waals surface area contributed by atoms with Crippen LogP contribution in [0.5, 0.6) is 0 Å². The molecular formula is C14H19N3. The van der Waals surface area contributed by atoms with E-state index in [-0.39, 0.29) is 0 Å². The number of hydrogen-bond acceptors (Lipinski definition) is 2. The number of anilines is 1. The van der Waals surface area contributed by atoms with Crippen molar-refractivity contribution in [1.29, 1.82) is 0 Å². The molecule has 2 aromatic heterocycles. The fourth-order valence-electron chi connectivity index (χ4n) is 1.86. The quantitative estimate of drug-likeness (QED) is 0.873. The van der Waals surface area contributed by atoms with E-state index in [2.05, 4.69) is 46.3 Å². The molecule has 0 saturated carbocycles. The van der Waals surface area contributed by atoms with Crippen LogP contribution in [0, 0.1) is 13.8 Å². The van der Waals surface area contributed by atoms with E-state index in [4.69, 9.17) is 0 Å². The van der Waals surface area contributed by atoms with Crippen LogP contribution in [0.2, 0.25) is 0 Å². The van der Waals surface area contributed by atoms with Gasteiger partial charge in [-0.05, 0) is 44.5 Å². The van der Waals surface area contributed by atoms with Crippen LogP contribution >= 0.6 is 0 Å². The Morgan fingerprint density at radius 1 is 1.24 bits per heavy atom. The first kappa shape index (κ1) is 11.7. The molecule has 3 nitrogen and oxygen atoms in total. The minimum atomic E-state index is 0.846.